The lowest BCUT2D eigenvalue weighted by atomic mass is 10.2. The maximum Gasteiger partial charge on any atom is 0.162 e. The summed E-state index contributed by atoms with van der Waals surface area (Å²) in [6, 6.07) is 0. The van der Waals surface area contributed by atoms with Gasteiger partial charge in [-0.15, -0.1) is 0 Å². The van der Waals surface area contributed by atoms with E-state index in [2.05, 4.69) is 6.92 Å². The van der Waals surface area contributed by atoms with Crippen LogP contribution in [-0.4, -0.2) is 24.1 Å². The van der Waals surface area contributed by atoms with Crippen molar-refractivity contribution in [1.29, 1.82) is 0 Å². The van der Waals surface area contributed by atoms with Crippen LogP contribution in [0.5, 0.6) is 0 Å². The molecule has 1 unspecified atom stereocenters. The van der Waals surface area contributed by atoms with E-state index < -0.39 is 19.0 Å². The van der Waals surface area contributed by atoms with Crippen LogP contribution in [0.4, 0.5) is 8.78 Å². The molecule has 0 aromatic rings. The lowest BCUT2D eigenvalue weighted by molar-refractivity contribution is 0.0856. The van der Waals surface area contributed by atoms with Gasteiger partial charge in [0.05, 0.1) is 6.61 Å². The number of alkyl halides is 2. The van der Waals surface area contributed by atoms with Gasteiger partial charge in [0, 0.05) is 0 Å². The Morgan fingerprint density at radius 2 is 2.14 bits per heavy atom. The Kier molecular flexibility index (Phi) is 2.15. The van der Waals surface area contributed by atoms with Crippen LogP contribution in [0.1, 0.15) is 0 Å². The molecule has 0 heterocycles. The summed E-state index contributed by atoms with van der Waals surface area (Å²) in [5.74, 6) is 0. The van der Waals surface area contributed by atoms with Gasteiger partial charge < -0.3 is 5.11 Å². The van der Waals surface area contributed by atoms with Crippen LogP contribution in [-0.2, 0) is 0 Å². The Balaban J connectivity index is 3.36. The van der Waals surface area contributed by atoms with E-state index in [1.54, 1.807) is 0 Å². The van der Waals surface area contributed by atoms with Crippen molar-refractivity contribution in [2.45, 2.75) is 5.67 Å². The van der Waals surface area contributed by atoms with Crippen LogP contribution >= 0.6 is 0 Å². The number of aliphatic hydroxyl groups excluding tert-OH is 1. The van der Waals surface area contributed by atoms with Crippen molar-refractivity contribution in [3.63, 3.8) is 0 Å². The Morgan fingerprint density at radius 1 is 1.71 bits per heavy atom. The van der Waals surface area contributed by atoms with Crippen molar-refractivity contribution in [2.24, 2.45) is 0 Å². The molecule has 7 heavy (non-hydrogen) atoms. The lowest BCUT2D eigenvalue weighted by Gasteiger charge is -2.09. The van der Waals surface area contributed by atoms with E-state index in [1.165, 1.54) is 0 Å². The molecule has 0 spiro atoms. The highest BCUT2D eigenvalue weighted by Crippen LogP contribution is 2.06. The molecule has 0 fully saturated rings. The Labute approximate surface area is 41.0 Å². The number of rotatable bonds is 2. The van der Waals surface area contributed by atoms with Crippen molar-refractivity contribution in [3.8, 4) is 0 Å². The van der Waals surface area contributed by atoms with E-state index >= 15 is 0 Å². The SMILES string of the molecule is [CH2]C(F)(CO)CF. The van der Waals surface area contributed by atoms with Gasteiger partial charge in [-0.1, -0.05) is 0 Å². The van der Waals surface area contributed by atoms with Crippen LogP contribution in [0.15, 0.2) is 0 Å². The molecule has 0 bridgehead atoms. The largest absolute Gasteiger partial charge is 0.393 e. The van der Waals surface area contributed by atoms with Crippen molar-refractivity contribution >= 4 is 0 Å². The molecule has 1 nitrogen and oxygen atoms in total. The first kappa shape index (κ1) is 6.82. The quantitative estimate of drug-likeness (QED) is 0.547. The average molecular weight is 109 g/mol. The summed E-state index contributed by atoms with van der Waals surface area (Å²) in [6.45, 7) is 0.625. The van der Waals surface area contributed by atoms with E-state index in [4.69, 9.17) is 5.11 Å². The zero-order chi connectivity index (χ0) is 5.91. The molecule has 0 aliphatic heterocycles. The minimum atomic E-state index is -2.28. The molecule has 0 saturated heterocycles. The zero-order valence-electron chi connectivity index (χ0n) is 3.82. The minimum Gasteiger partial charge on any atom is -0.393 e. The molecule has 0 saturated carbocycles. The third kappa shape index (κ3) is 2.51. The zero-order valence-corrected chi connectivity index (χ0v) is 3.82. The molecule has 3 heteroatoms. The second kappa shape index (κ2) is 2.21. The first-order valence-corrected chi connectivity index (χ1v) is 1.83. The number of aliphatic hydroxyl groups is 1. The molecule has 1 radical (unpaired) electrons. The normalized spacial score (nSPS) is 18.9. The van der Waals surface area contributed by atoms with Crippen molar-refractivity contribution < 1.29 is 13.9 Å². The molecule has 1 atom stereocenters. The summed E-state index contributed by atoms with van der Waals surface area (Å²) < 4.78 is 23.0. The molecular weight excluding hydrogens is 102 g/mol. The monoisotopic (exact) mass is 109 g/mol. The van der Waals surface area contributed by atoms with Crippen LogP contribution in [0.25, 0.3) is 0 Å². The van der Waals surface area contributed by atoms with Gasteiger partial charge >= 0.3 is 0 Å². The molecule has 0 amide bonds. The summed E-state index contributed by atoms with van der Waals surface area (Å²) in [4.78, 5) is 0. The van der Waals surface area contributed by atoms with E-state index in [1.807, 2.05) is 0 Å². The summed E-state index contributed by atoms with van der Waals surface area (Å²) >= 11 is 0. The van der Waals surface area contributed by atoms with Gasteiger partial charge in [-0.2, -0.15) is 0 Å². The topological polar surface area (TPSA) is 20.2 Å². The Morgan fingerprint density at radius 3 is 2.14 bits per heavy atom. The van der Waals surface area contributed by atoms with E-state index in [9.17, 15) is 8.78 Å². The summed E-state index contributed by atoms with van der Waals surface area (Å²) in [5, 5.41) is 7.92. The summed E-state index contributed by atoms with van der Waals surface area (Å²) in [5.41, 5.74) is -2.28. The van der Waals surface area contributed by atoms with Crippen LogP contribution in [0.3, 0.4) is 0 Å². The predicted molar refractivity (Wildman–Crippen MR) is 22.3 cm³/mol. The maximum absolute atomic E-state index is 11.8. The van der Waals surface area contributed by atoms with Gasteiger partial charge in [0.15, 0.2) is 5.67 Å². The molecule has 1 N–H and O–H groups in total. The standard InChI is InChI=1S/C4H7F2O/c1-4(6,2-5)3-7/h7H,1-3H2. The highest BCUT2D eigenvalue weighted by Gasteiger charge is 2.20. The Hall–Kier alpha value is -0.180. The first-order chi connectivity index (χ1) is 3.12. The fourth-order valence-electron chi connectivity index (χ4n) is 0.0423. The molecular formula is C4H7F2O. The van der Waals surface area contributed by atoms with E-state index in [0.29, 0.717) is 0 Å². The van der Waals surface area contributed by atoms with Crippen molar-refractivity contribution in [2.75, 3.05) is 13.3 Å². The molecule has 43 valence electrons. The highest BCUT2D eigenvalue weighted by molar-refractivity contribution is 4.79. The van der Waals surface area contributed by atoms with E-state index in [-0.39, 0.29) is 0 Å². The lowest BCUT2D eigenvalue weighted by Crippen LogP contribution is -2.25. The fraction of sp³-hybridized carbons (Fsp3) is 0.750. The summed E-state index contributed by atoms with van der Waals surface area (Å²) in [6.07, 6.45) is 0. The van der Waals surface area contributed by atoms with Gasteiger partial charge in [-0.25, -0.2) is 8.78 Å². The second-order valence-electron chi connectivity index (χ2n) is 1.44. The highest BCUT2D eigenvalue weighted by atomic mass is 19.2. The number of halogens is 2. The van der Waals surface area contributed by atoms with Gasteiger partial charge in [0.2, 0.25) is 0 Å². The number of hydrogen-bond acceptors (Lipinski definition) is 1. The summed E-state index contributed by atoms with van der Waals surface area (Å²) in [7, 11) is 0. The second-order valence-corrected chi connectivity index (χ2v) is 1.44. The molecule has 0 aliphatic carbocycles. The molecule has 0 aliphatic rings. The van der Waals surface area contributed by atoms with Gasteiger partial charge in [0.1, 0.15) is 6.67 Å². The fourth-order valence-corrected chi connectivity index (χ4v) is 0.0423. The minimum absolute atomic E-state index is 0.858. The molecule has 0 aromatic heterocycles. The predicted octanol–water partition coefficient (Wildman–Crippen LogP) is 0.491. The smallest absolute Gasteiger partial charge is 0.162 e. The van der Waals surface area contributed by atoms with Crippen molar-refractivity contribution in [1.82, 2.24) is 0 Å². The van der Waals surface area contributed by atoms with Gasteiger partial charge in [-0.3, -0.25) is 0 Å². The Bertz CT molecular complexity index is 47.7. The maximum atomic E-state index is 11.8. The van der Waals surface area contributed by atoms with Crippen LogP contribution in [0, 0.1) is 6.92 Å². The van der Waals surface area contributed by atoms with E-state index in [0.717, 1.165) is 0 Å². The molecule has 0 rings (SSSR count). The molecule has 0 aromatic carbocycles. The van der Waals surface area contributed by atoms with Crippen LogP contribution in [0.2, 0.25) is 0 Å². The first-order valence-electron chi connectivity index (χ1n) is 1.83. The van der Waals surface area contributed by atoms with Gasteiger partial charge in [0.25, 0.3) is 0 Å². The third-order valence-corrected chi connectivity index (χ3v) is 0.523. The number of hydrogen-bond donors (Lipinski definition) is 1. The van der Waals surface area contributed by atoms with Crippen LogP contribution < -0.4 is 0 Å². The van der Waals surface area contributed by atoms with Gasteiger partial charge in [-0.05, 0) is 6.92 Å². The third-order valence-electron chi connectivity index (χ3n) is 0.523. The average Bonchev–Trinajstić information content (AvgIpc) is 1.68. The van der Waals surface area contributed by atoms with Crippen molar-refractivity contribution in [3.05, 3.63) is 6.92 Å².